The number of anilines is 1. The van der Waals surface area contributed by atoms with E-state index < -0.39 is 5.97 Å². The van der Waals surface area contributed by atoms with Gasteiger partial charge in [0.2, 0.25) is 0 Å². The molecule has 2 aromatic rings. The van der Waals surface area contributed by atoms with Crippen molar-refractivity contribution in [2.75, 3.05) is 45.0 Å². The van der Waals surface area contributed by atoms with Crippen LogP contribution in [0.3, 0.4) is 0 Å². The van der Waals surface area contributed by atoms with Crippen LogP contribution in [0.1, 0.15) is 30.8 Å². The molecule has 1 atom stereocenters. The van der Waals surface area contributed by atoms with E-state index >= 15 is 0 Å². The van der Waals surface area contributed by atoms with Crippen molar-refractivity contribution in [2.24, 2.45) is 5.92 Å². The zero-order valence-corrected chi connectivity index (χ0v) is 23.7. The SMILES string of the molecule is CC(C)C(=S)Nc1ccc(C[C@H]2CN(CC(=O)O)CCN(COC=O)Cc3cccc(n3)CN2COC=O)cc1. The molecule has 0 unspecified atom stereocenters. The lowest BCUT2D eigenvalue weighted by molar-refractivity contribution is -0.138. The molecular weight excluding hydrogens is 534 g/mol. The minimum atomic E-state index is -0.944. The lowest BCUT2D eigenvalue weighted by atomic mass is 10.0. The summed E-state index contributed by atoms with van der Waals surface area (Å²) in [6.45, 7) is 6.90. The van der Waals surface area contributed by atoms with Gasteiger partial charge in [-0.05, 0) is 36.2 Å². The number of nitrogens with zero attached hydrogens (tertiary/aromatic N) is 4. The van der Waals surface area contributed by atoms with Gasteiger partial charge in [-0.25, -0.2) is 0 Å². The second kappa shape index (κ2) is 16.0. The molecule has 0 spiro atoms. The maximum Gasteiger partial charge on any atom is 0.317 e. The Bertz CT molecular complexity index is 1130. The molecule has 0 fully saturated rings. The number of ether oxygens (including phenoxy) is 2. The van der Waals surface area contributed by atoms with Gasteiger partial charge in [0, 0.05) is 50.4 Å². The van der Waals surface area contributed by atoms with Gasteiger partial charge in [0.25, 0.3) is 12.9 Å². The van der Waals surface area contributed by atoms with Gasteiger partial charge in [0.05, 0.1) is 22.9 Å². The number of aliphatic carboxylic acids is 1. The molecule has 0 amide bonds. The maximum absolute atomic E-state index is 11.8. The predicted molar refractivity (Wildman–Crippen MR) is 153 cm³/mol. The van der Waals surface area contributed by atoms with E-state index in [0.29, 0.717) is 52.1 Å². The van der Waals surface area contributed by atoms with Crippen LogP contribution in [0, 0.1) is 5.92 Å². The van der Waals surface area contributed by atoms with Crippen molar-refractivity contribution in [1.82, 2.24) is 19.7 Å². The van der Waals surface area contributed by atoms with Crippen molar-refractivity contribution in [3.05, 3.63) is 59.4 Å². The molecule has 0 saturated carbocycles. The van der Waals surface area contributed by atoms with Crippen molar-refractivity contribution >= 4 is 41.8 Å². The van der Waals surface area contributed by atoms with Crippen LogP contribution in [0.2, 0.25) is 0 Å². The summed E-state index contributed by atoms with van der Waals surface area (Å²) in [6.07, 6.45) is 0.574. The third kappa shape index (κ3) is 10.3. The van der Waals surface area contributed by atoms with E-state index in [-0.39, 0.29) is 32.0 Å². The van der Waals surface area contributed by atoms with Crippen LogP contribution in [-0.4, -0.2) is 94.4 Å². The van der Waals surface area contributed by atoms with Gasteiger partial charge < -0.3 is 19.9 Å². The molecule has 40 heavy (non-hydrogen) atoms. The molecule has 12 heteroatoms. The predicted octanol–water partition coefficient (Wildman–Crippen LogP) is 2.35. The van der Waals surface area contributed by atoms with Crippen LogP contribution in [0.25, 0.3) is 0 Å². The molecule has 3 rings (SSSR count). The van der Waals surface area contributed by atoms with Crippen LogP contribution < -0.4 is 5.32 Å². The highest BCUT2D eigenvalue weighted by atomic mass is 32.1. The number of carboxylic acids is 1. The summed E-state index contributed by atoms with van der Waals surface area (Å²) in [5.74, 6) is -0.716. The number of benzene rings is 1. The molecule has 1 aromatic heterocycles. The van der Waals surface area contributed by atoms with Crippen LogP contribution in [0.15, 0.2) is 42.5 Å². The van der Waals surface area contributed by atoms with Crippen molar-refractivity contribution in [3.63, 3.8) is 0 Å². The Morgan fingerprint density at radius 1 is 1.05 bits per heavy atom. The molecule has 11 nitrogen and oxygen atoms in total. The normalized spacial score (nSPS) is 17.3. The molecule has 2 N–H and O–H groups in total. The van der Waals surface area contributed by atoms with Gasteiger partial charge in [0.15, 0.2) is 0 Å². The Balaban J connectivity index is 1.92. The lowest BCUT2D eigenvalue weighted by Gasteiger charge is -2.36. The summed E-state index contributed by atoms with van der Waals surface area (Å²) in [5, 5.41) is 12.9. The first-order chi connectivity index (χ1) is 19.3. The third-order valence-electron chi connectivity index (χ3n) is 6.54. The number of hydrogen-bond acceptors (Lipinski definition) is 10. The van der Waals surface area contributed by atoms with Crippen molar-refractivity contribution in [1.29, 1.82) is 0 Å². The van der Waals surface area contributed by atoms with Crippen LogP contribution in [-0.2, 0) is 43.4 Å². The molecule has 1 aliphatic heterocycles. The first kappa shape index (κ1) is 31.1. The second-order valence-corrected chi connectivity index (χ2v) is 10.5. The molecule has 2 heterocycles. The number of carbonyl (C=O) groups is 3. The first-order valence-corrected chi connectivity index (χ1v) is 13.5. The number of pyridine rings is 1. The van der Waals surface area contributed by atoms with Gasteiger partial charge in [-0.2, -0.15) is 0 Å². The summed E-state index contributed by atoms with van der Waals surface area (Å²) in [5.41, 5.74) is 3.49. The minimum Gasteiger partial charge on any atom is -0.480 e. The summed E-state index contributed by atoms with van der Waals surface area (Å²) >= 11 is 5.40. The van der Waals surface area contributed by atoms with E-state index in [2.05, 4.69) is 5.32 Å². The Kier molecular flexibility index (Phi) is 12.4. The molecular formula is C28H37N5O6S. The zero-order valence-electron chi connectivity index (χ0n) is 22.9. The van der Waals surface area contributed by atoms with E-state index in [0.717, 1.165) is 27.6 Å². The highest BCUT2D eigenvalue weighted by Crippen LogP contribution is 2.18. The van der Waals surface area contributed by atoms with E-state index in [9.17, 15) is 19.5 Å². The highest BCUT2D eigenvalue weighted by molar-refractivity contribution is 7.80. The maximum atomic E-state index is 11.8. The zero-order chi connectivity index (χ0) is 28.9. The molecule has 2 bridgehead atoms. The second-order valence-electron chi connectivity index (χ2n) is 10.0. The Morgan fingerprint density at radius 3 is 2.35 bits per heavy atom. The van der Waals surface area contributed by atoms with E-state index in [1.54, 1.807) is 0 Å². The first-order valence-electron chi connectivity index (χ1n) is 13.1. The summed E-state index contributed by atoms with van der Waals surface area (Å²) in [4.78, 5) is 45.1. The van der Waals surface area contributed by atoms with Crippen molar-refractivity contribution < 1.29 is 29.0 Å². The summed E-state index contributed by atoms with van der Waals surface area (Å²) in [7, 11) is 0. The number of aromatic nitrogens is 1. The molecule has 0 saturated heterocycles. The van der Waals surface area contributed by atoms with Gasteiger partial charge in [-0.1, -0.05) is 44.3 Å². The number of thiocarbonyl (C=S) groups is 1. The molecule has 216 valence electrons. The third-order valence-corrected chi connectivity index (χ3v) is 7.12. The largest absolute Gasteiger partial charge is 0.480 e. The Labute approximate surface area is 240 Å². The van der Waals surface area contributed by atoms with Crippen LogP contribution in [0.5, 0.6) is 0 Å². The van der Waals surface area contributed by atoms with Crippen LogP contribution >= 0.6 is 12.2 Å². The van der Waals surface area contributed by atoms with E-state index in [1.807, 2.05) is 71.0 Å². The topological polar surface area (TPSA) is 125 Å². The average Bonchev–Trinajstić information content (AvgIpc) is 2.92. The van der Waals surface area contributed by atoms with Crippen molar-refractivity contribution in [2.45, 2.75) is 39.4 Å². The van der Waals surface area contributed by atoms with Gasteiger partial charge in [0.1, 0.15) is 13.5 Å². The highest BCUT2D eigenvalue weighted by Gasteiger charge is 2.26. The van der Waals surface area contributed by atoms with Gasteiger partial charge in [-0.3, -0.25) is 34.1 Å². The molecule has 0 radical (unpaired) electrons. The average molecular weight is 572 g/mol. The Hall–Kier alpha value is -3.45. The number of nitrogens with one attached hydrogen (secondary N) is 1. The number of hydrogen-bond donors (Lipinski definition) is 2. The summed E-state index contributed by atoms with van der Waals surface area (Å²) in [6, 6.07) is 13.5. The van der Waals surface area contributed by atoms with Crippen LogP contribution in [0.4, 0.5) is 5.69 Å². The van der Waals surface area contributed by atoms with Gasteiger partial charge >= 0.3 is 5.97 Å². The van der Waals surface area contributed by atoms with Gasteiger partial charge in [-0.15, -0.1) is 0 Å². The molecule has 1 aliphatic rings. The summed E-state index contributed by atoms with van der Waals surface area (Å²) < 4.78 is 10.2. The number of fused-ring (bicyclic) bond motifs is 2. The number of carboxylic acid groups (broad SMARTS) is 1. The number of rotatable bonds is 12. The minimum absolute atomic E-state index is 0.0303. The lowest BCUT2D eigenvalue weighted by Crippen LogP contribution is -2.49. The number of carbonyl (C=O) groups excluding carboxylic acids is 2. The fourth-order valence-electron chi connectivity index (χ4n) is 4.47. The van der Waals surface area contributed by atoms with E-state index in [4.69, 9.17) is 26.7 Å². The fourth-order valence-corrected chi connectivity index (χ4v) is 4.59. The quantitative estimate of drug-likeness (QED) is 0.287. The standard InChI is InChI=1S/C28H37N5O6S/c1-21(2)28(40)30-23-8-6-22(7-9-23)12-26-15-31(16-27(36)37)10-11-32(17-38-19-34)13-24-4-3-5-25(29-24)14-33(26)18-39-20-35/h3-9,19-21,26H,10-18H2,1-2H3,(H,30,40)(H,36,37)/t26-/m0/s1. The Morgan fingerprint density at radius 2 is 1.70 bits per heavy atom. The van der Waals surface area contributed by atoms with Crippen molar-refractivity contribution in [3.8, 4) is 0 Å². The van der Waals surface area contributed by atoms with E-state index in [1.165, 1.54) is 0 Å². The fraction of sp³-hybridized carbons (Fsp3) is 0.464. The monoisotopic (exact) mass is 571 g/mol. The smallest absolute Gasteiger partial charge is 0.317 e. The molecule has 1 aromatic carbocycles. The molecule has 0 aliphatic carbocycles.